The van der Waals surface area contributed by atoms with Gasteiger partial charge in [0.05, 0.1) is 18.3 Å². The Morgan fingerprint density at radius 3 is 2.75 bits per heavy atom. The van der Waals surface area contributed by atoms with Crippen LogP contribution in [0.2, 0.25) is 0 Å². The Bertz CT molecular complexity index is 413. The van der Waals surface area contributed by atoms with E-state index in [1.54, 1.807) is 11.0 Å². The zero-order chi connectivity index (χ0) is 11.4. The summed E-state index contributed by atoms with van der Waals surface area (Å²) in [7, 11) is 0. The van der Waals surface area contributed by atoms with Crippen LogP contribution in [0.1, 0.15) is 38.4 Å². The molecule has 0 atom stereocenters. The standard InChI is InChI=1S/C11H17N5/c1-3-11(4-2)16-6-5-10(14-16)7-15-9-12-8-13-15/h5-6,8-9,11H,3-4,7H2,1-2H3. The highest BCUT2D eigenvalue weighted by atomic mass is 15.3. The summed E-state index contributed by atoms with van der Waals surface area (Å²) in [5.74, 6) is 0. The highest BCUT2D eigenvalue weighted by molar-refractivity contribution is 5.00. The van der Waals surface area contributed by atoms with Crippen molar-refractivity contribution in [2.75, 3.05) is 0 Å². The van der Waals surface area contributed by atoms with Crippen LogP contribution < -0.4 is 0 Å². The van der Waals surface area contributed by atoms with E-state index in [0.29, 0.717) is 12.6 Å². The van der Waals surface area contributed by atoms with Crippen molar-refractivity contribution in [1.82, 2.24) is 24.5 Å². The molecule has 0 aliphatic heterocycles. The first-order valence-electron chi connectivity index (χ1n) is 5.70. The average Bonchev–Trinajstić information content (AvgIpc) is 2.93. The lowest BCUT2D eigenvalue weighted by Crippen LogP contribution is -2.09. The molecule has 2 aromatic rings. The van der Waals surface area contributed by atoms with Gasteiger partial charge in [0.2, 0.25) is 0 Å². The number of aromatic nitrogens is 5. The van der Waals surface area contributed by atoms with E-state index in [4.69, 9.17) is 0 Å². The lowest BCUT2D eigenvalue weighted by molar-refractivity contribution is 0.424. The zero-order valence-corrected chi connectivity index (χ0v) is 9.74. The summed E-state index contributed by atoms with van der Waals surface area (Å²) in [4.78, 5) is 3.91. The van der Waals surface area contributed by atoms with Gasteiger partial charge < -0.3 is 0 Å². The van der Waals surface area contributed by atoms with Gasteiger partial charge in [-0.25, -0.2) is 9.67 Å². The second kappa shape index (κ2) is 4.92. The molecule has 0 saturated heterocycles. The average molecular weight is 219 g/mol. The third kappa shape index (κ3) is 2.29. The Labute approximate surface area is 95.1 Å². The highest BCUT2D eigenvalue weighted by Crippen LogP contribution is 2.14. The van der Waals surface area contributed by atoms with Crippen molar-refractivity contribution in [1.29, 1.82) is 0 Å². The van der Waals surface area contributed by atoms with Crippen molar-refractivity contribution in [2.45, 2.75) is 39.3 Å². The van der Waals surface area contributed by atoms with E-state index >= 15 is 0 Å². The van der Waals surface area contributed by atoms with Crippen LogP contribution in [0, 0.1) is 0 Å². The smallest absolute Gasteiger partial charge is 0.137 e. The van der Waals surface area contributed by atoms with E-state index in [9.17, 15) is 0 Å². The van der Waals surface area contributed by atoms with Crippen molar-refractivity contribution in [3.8, 4) is 0 Å². The summed E-state index contributed by atoms with van der Waals surface area (Å²) >= 11 is 0. The lowest BCUT2D eigenvalue weighted by Gasteiger charge is -2.12. The Morgan fingerprint density at radius 2 is 2.12 bits per heavy atom. The molecule has 2 rings (SSSR count). The second-order valence-corrected chi connectivity index (χ2v) is 3.85. The number of hydrogen-bond donors (Lipinski definition) is 0. The van der Waals surface area contributed by atoms with Gasteiger partial charge in [0.1, 0.15) is 12.7 Å². The second-order valence-electron chi connectivity index (χ2n) is 3.85. The van der Waals surface area contributed by atoms with E-state index in [0.717, 1.165) is 18.5 Å². The molecule has 0 bridgehead atoms. The van der Waals surface area contributed by atoms with Gasteiger partial charge in [-0.2, -0.15) is 10.2 Å². The Hall–Kier alpha value is -1.65. The van der Waals surface area contributed by atoms with Crippen molar-refractivity contribution < 1.29 is 0 Å². The van der Waals surface area contributed by atoms with Gasteiger partial charge in [0, 0.05) is 6.20 Å². The van der Waals surface area contributed by atoms with Crippen LogP contribution in [-0.2, 0) is 6.54 Å². The van der Waals surface area contributed by atoms with Gasteiger partial charge in [-0.15, -0.1) is 0 Å². The van der Waals surface area contributed by atoms with Crippen molar-refractivity contribution in [2.24, 2.45) is 0 Å². The molecular formula is C11H17N5. The lowest BCUT2D eigenvalue weighted by atomic mass is 10.2. The minimum absolute atomic E-state index is 0.504. The molecule has 2 aromatic heterocycles. The number of nitrogens with zero attached hydrogens (tertiary/aromatic N) is 5. The molecule has 0 fully saturated rings. The Morgan fingerprint density at radius 1 is 1.31 bits per heavy atom. The normalized spacial score (nSPS) is 11.2. The van der Waals surface area contributed by atoms with Gasteiger partial charge in [-0.1, -0.05) is 13.8 Å². The van der Waals surface area contributed by atoms with Crippen molar-refractivity contribution in [3.63, 3.8) is 0 Å². The SMILES string of the molecule is CCC(CC)n1ccc(Cn2cncn2)n1. The summed E-state index contributed by atoms with van der Waals surface area (Å²) in [5, 5.41) is 8.62. The molecule has 0 unspecified atom stereocenters. The van der Waals surface area contributed by atoms with Crippen LogP contribution in [0.3, 0.4) is 0 Å². The molecule has 5 heteroatoms. The quantitative estimate of drug-likeness (QED) is 0.771. The zero-order valence-electron chi connectivity index (χ0n) is 9.74. The summed E-state index contributed by atoms with van der Waals surface area (Å²) in [5.41, 5.74) is 1.03. The maximum atomic E-state index is 4.56. The number of rotatable bonds is 5. The third-order valence-corrected chi connectivity index (χ3v) is 2.77. The molecule has 0 amide bonds. The summed E-state index contributed by atoms with van der Waals surface area (Å²) < 4.78 is 3.83. The minimum atomic E-state index is 0.504. The monoisotopic (exact) mass is 219 g/mol. The minimum Gasteiger partial charge on any atom is -0.269 e. The summed E-state index contributed by atoms with van der Waals surface area (Å²) in [6, 6.07) is 2.55. The van der Waals surface area contributed by atoms with Crippen LogP contribution in [0.25, 0.3) is 0 Å². The van der Waals surface area contributed by atoms with Crippen LogP contribution >= 0.6 is 0 Å². The molecule has 86 valence electrons. The highest BCUT2D eigenvalue weighted by Gasteiger charge is 2.07. The third-order valence-electron chi connectivity index (χ3n) is 2.77. The fourth-order valence-corrected chi connectivity index (χ4v) is 1.81. The largest absolute Gasteiger partial charge is 0.269 e. The predicted octanol–water partition coefficient (Wildman–Crippen LogP) is 1.88. The van der Waals surface area contributed by atoms with Crippen LogP contribution in [0.15, 0.2) is 24.9 Å². The molecule has 0 radical (unpaired) electrons. The van der Waals surface area contributed by atoms with Crippen molar-refractivity contribution in [3.05, 3.63) is 30.6 Å². The first-order valence-corrected chi connectivity index (χ1v) is 5.70. The van der Waals surface area contributed by atoms with Crippen LogP contribution in [-0.4, -0.2) is 24.5 Å². The van der Waals surface area contributed by atoms with Crippen LogP contribution in [0.5, 0.6) is 0 Å². The Balaban J connectivity index is 2.07. The van der Waals surface area contributed by atoms with E-state index < -0.39 is 0 Å². The molecule has 0 saturated carbocycles. The first-order chi connectivity index (χ1) is 7.83. The van der Waals surface area contributed by atoms with Crippen molar-refractivity contribution >= 4 is 0 Å². The predicted molar refractivity (Wildman–Crippen MR) is 61.0 cm³/mol. The van der Waals surface area contributed by atoms with Gasteiger partial charge in [-0.05, 0) is 18.9 Å². The molecular weight excluding hydrogens is 202 g/mol. The molecule has 0 aromatic carbocycles. The molecule has 0 N–H and O–H groups in total. The maximum absolute atomic E-state index is 4.56. The van der Waals surface area contributed by atoms with E-state index in [2.05, 4.69) is 29.0 Å². The maximum Gasteiger partial charge on any atom is 0.137 e. The number of hydrogen-bond acceptors (Lipinski definition) is 3. The van der Waals surface area contributed by atoms with Gasteiger partial charge in [-0.3, -0.25) is 4.68 Å². The van der Waals surface area contributed by atoms with Gasteiger partial charge in [0.15, 0.2) is 0 Å². The van der Waals surface area contributed by atoms with E-state index in [-0.39, 0.29) is 0 Å². The van der Waals surface area contributed by atoms with E-state index in [1.807, 2.05) is 16.9 Å². The molecule has 0 aliphatic rings. The summed E-state index contributed by atoms with van der Waals surface area (Å²) in [6.07, 6.45) is 7.51. The fraction of sp³-hybridized carbons (Fsp3) is 0.545. The molecule has 16 heavy (non-hydrogen) atoms. The summed E-state index contributed by atoms with van der Waals surface area (Å²) in [6.45, 7) is 5.06. The molecule has 2 heterocycles. The van der Waals surface area contributed by atoms with Gasteiger partial charge in [0.25, 0.3) is 0 Å². The molecule has 0 aliphatic carbocycles. The first kappa shape index (κ1) is 10.9. The molecule has 0 spiro atoms. The van der Waals surface area contributed by atoms with Gasteiger partial charge >= 0.3 is 0 Å². The Kier molecular flexibility index (Phi) is 3.34. The van der Waals surface area contributed by atoms with Crippen LogP contribution in [0.4, 0.5) is 0 Å². The fourth-order valence-electron chi connectivity index (χ4n) is 1.81. The molecule has 5 nitrogen and oxygen atoms in total. The topological polar surface area (TPSA) is 48.5 Å². The van der Waals surface area contributed by atoms with E-state index in [1.165, 1.54) is 6.33 Å².